The van der Waals surface area contributed by atoms with Crippen LogP contribution in [0.25, 0.3) is 0 Å². The number of hydrazone groups is 1. The summed E-state index contributed by atoms with van der Waals surface area (Å²) >= 11 is 0. The third-order valence-corrected chi connectivity index (χ3v) is 2.49. The molecule has 1 aromatic rings. The minimum absolute atomic E-state index is 0.231. The first kappa shape index (κ1) is 14.2. The van der Waals surface area contributed by atoms with Gasteiger partial charge in [0.2, 0.25) is 0 Å². The number of alkyl halides is 3. The third kappa shape index (κ3) is 3.58. The molecule has 0 heterocycles. The van der Waals surface area contributed by atoms with Gasteiger partial charge in [-0.15, -0.1) is 0 Å². The second-order valence-corrected chi connectivity index (χ2v) is 3.98. The van der Waals surface area contributed by atoms with Crippen LogP contribution in [-0.4, -0.2) is 18.2 Å². The molecular weight excluding hydrogens is 245 g/mol. The van der Waals surface area contributed by atoms with Gasteiger partial charge in [-0.2, -0.15) is 18.3 Å². The fourth-order valence-electron chi connectivity index (χ4n) is 1.31. The maximum absolute atomic E-state index is 11.9. The maximum Gasteiger partial charge on any atom is 0.455 e. The quantitative estimate of drug-likeness (QED) is 0.668. The summed E-state index contributed by atoms with van der Waals surface area (Å²) in [6, 6.07) is 3.65. The lowest BCUT2D eigenvalue weighted by Gasteiger charge is -2.08. The molecule has 0 atom stereocenters. The molecule has 0 amide bonds. The lowest BCUT2D eigenvalue weighted by Crippen LogP contribution is -2.23. The zero-order valence-electron chi connectivity index (χ0n) is 10.2. The minimum Gasteiger partial charge on any atom is -0.283 e. The maximum atomic E-state index is 11.9. The van der Waals surface area contributed by atoms with E-state index in [1.165, 1.54) is 0 Å². The van der Waals surface area contributed by atoms with Gasteiger partial charge in [0, 0.05) is 0 Å². The minimum atomic E-state index is -4.89. The normalized spacial score (nSPS) is 11.9. The highest BCUT2D eigenvalue weighted by molar-refractivity contribution is 6.30. The summed E-state index contributed by atoms with van der Waals surface area (Å²) in [5.41, 5.74) is 5.91. The van der Waals surface area contributed by atoms with Crippen LogP contribution in [0.4, 0.5) is 18.9 Å². The van der Waals surface area contributed by atoms with Gasteiger partial charge in [-0.3, -0.25) is 10.2 Å². The van der Waals surface area contributed by atoms with Crippen molar-refractivity contribution in [2.45, 2.75) is 26.9 Å². The van der Waals surface area contributed by atoms with Crippen molar-refractivity contribution in [3.8, 4) is 0 Å². The number of anilines is 1. The van der Waals surface area contributed by atoms with Gasteiger partial charge >= 0.3 is 6.18 Å². The van der Waals surface area contributed by atoms with E-state index in [0.717, 1.165) is 16.7 Å². The molecule has 0 spiro atoms. The molecule has 1 rings (SSSR count). The van der Waals surface area contributed by atoms with Crippen molar-refractivity contribution in [1.29, 1.82) is 0 Å². The molecule has 0 saturated carbocycles. The average molecular weight is 258 g/mol. The number of nitrogens with zero attached hydrogens (tertiary/aromatic N) is 1. The Labute approximate surface area is 103 Å². The third-order valence-electron chi connectivity index (χ3n) is 2.49. The number of carbonyl (C=O) groups is 1. The van der Waals surface area contributed by atoms with E-state index in [9.17, 15) is 18.0 Å². The number of carbonyl (C=O) groups excluding carboxylic acids is 1. The van der Waals surface area contributed by atoms with Crippen LogP contribution in [0.5, 0.6) is 0 Å². The van der Waals surface area contributed by atoms with E-state index >= 15 is 0 Å². The topological polar surface area (TPSA) is 41.5 Å². The van der Waals surface area contributed by atoms with Crippen molar-refractivity contribution in [3.63, 3.8) is 0 Å². The lowest BCUT2D eigenvalue weighted by molar-refractivity contribution is -0.162. The first-order valence-corrected chi connectivity index (χ1v) is 5.20. The van der Waals surface area contributed by atoms with Crippen LogP contribution < -0.4 is 5.43 Å². The van der Waals surface area contributed by atoms with Crippen LogP contribution in [0.3, 0.4) is 0 Å². The van der Waals surface area contributed by atoms with Crippen molar-refractivity contribution in [2.24, 2.45) is 5.10 Å². The SMILES string of the molecule is Cc1cc(C)c(N/N=C\C(=O)C(F)(F)F)cc1C. The van der Waals surface area contributed by atoms with Crippen LogP contribution in [0, 0.1) is 20.8 Å². The first-order chi connectivity index (χ1) is 8.21. The van der Waals surface area contributed by atoms with Crippen molar-refractivity contribution >= 4 is 17.7 Å². The van der Waals surface area contributed by atoms with Gasteiger partial charge in [-0.25, -0.2) is 0 Å². The van der Waals surface area contributed by atoms with Gasteiger partial charge in [-0.1, -0.05) is 6.07 Å². The van der Waals surface area contributed by atoms with E-state index in [2.05, 4.69) is 10.5 Å². The number of hydrogen-bond acceptors (Lipinski definition) is 3. The highest BCUT2D eigenvalue weighted by atomic mass is 19.4. The number of ketones is 1. The highest BCUT2D eigenvalue weighted by Crippen LogP contribution is 2.20. The molecule has 0 saturated heterocycles. The van der Waals surface area contributed by atoms with Crippen LogP contribution >= 0.6 is 0 Å². The average Bonchev–Trinajstić information content (AvgIpc) is 2.23. The van der Waals surface area contributed by atoms with Crippen molar-refractivity contribution in [3.05, 3.63) is 28.8 Å². The Morgan fingerprint density at radius 1 is 1.17 bits per heavy atom. The second kappa shape index (κ2) is 5.20. The summed E-state index contributed by atoms with van der Waals surface area (Å²) in [5.74, 6) is -1.99. The summed E-state index contributed by atoms with van der Waals surface area (Å²) < 4.78 is 35.7. The van der Waals surface area contributed by atoms with Crippen LogP contribution in [0.1, 0.15) is 16.7 Å². The Bertz CT molecular complexity index is 493. The van der Waals surface area contributed by atoms with E-state index in [-0.39, 0.29) is 6.21 Å². The number of nitrogens with one attached hydrogen (secondary N) is 1. The Kier molecular flexibility index (Phi) is 4.11. The summed E-state index contributed by atoms with van der Waals surface area (Å²) in [5, 5.41) is 3.30. The number of Topliss-reactive ketones (excluding diaryl/α,β-unsaturated/α-hetero) is 1. The van der Waals surface area contributed by atoms with Gasteiger partial charge in [0.15, 0.2) is 0 Å². The van der Waals surface area contributed by atoms with Gasteiger partial charge in [0.05, 0.1) is 11.9 Å². The predicted molar refractivity (Wildman–Crippen MR) is 63.8 cm³/mol. The second-order valence-electron chi connectivity index (χ2n) is 3.98. The van der Waals surface area contributed by atoms with E-state index in [4.69, 9.17) is 0 Å². The fraction of sp³-hybridized carbons (Fsp3) is 0.333. The Morgan fingerprint density at radius 3 is 2.28 bits per heavy atom. The van der Waals surface area contributed by atoms with Crippen molar-refractivity contribution < 1.29 is 18.0 Å². The Morgan fingerprint density at radius 2 is 1.72 bits per heavy atom. The molecule has 0 unspecified atom stereocenters. The van der Waals surface area contributed by atoms with Crippen molar-refractivity contribution in [1.82, 2.24) is 0 Å². The number of halogens is 3. The molecular formula is C12H13F3N2O. The zero-order valence-corrected chi connectivity index (χ0v) is 10.2. The van der Waals surface area contributed by atoms with Gasteiger partial charge in [0.1, 0.15) is 0 Å². The number of aryl methyl sites for hydroxylation is 3. The molecule has 6 heteroatoms. The van der Waals surface area contributed by atoms with Crippen LogP contribution in [0.15, 0.2) is 17.2 Å². The molecule has 1 aromatic carbocycles. The fourth-order valence-corrected chi connectivity index (χ4v) is 1.31. The van der Waals surface area contributed by atoms with E-state index in [1.54, 1.807) is 13.0 Å². The monoisotopic (exact) mass is 258 g/mol. The molecule has 0 aliphatic heterocycles. The summed E-state index contributed by atoms with van der Waals surface area (Å²) in [6.45, 7) is 5.61. The largest absolute Gasteiger partial charge is 0.455 e. The van der Waals surface area contributed by atoms with Gasteiger partial charge in [-0.05, 0) is 43.5 Å². The lowest BCUT2D eigenvalue weighted by atomic mass is 10.1. The summed E-state index contributed by atoms with van der Waals surface area (Å²) in [6.07, 6.45) is -4.65. The smallest absolute Gasteiger partial charge is 0.283 e. The molecule has 0 aromatic heterocycles. The standard InChI is InChI=1S/C12H13F3N2O/c1-7-4-9(3)10(5-8(7)2)17-16-6-11(18)12(13,14)15/h4-6,17H,1-3H3/b16-6-. The van der Waals surface area contributed by atoms with Crippen LogP contribution in [0.2, 0.25) is 0 Å². The van der Waals surface area contributed by atoms with E-state index in [1.807, 2.05) is 19.9 Å². The number of rotatable bonds is 3. The van der Waals surface area contributed by atoms with Crippen molar-refractivity contribution in [2.75, 3.05) is 5.43 Å². The molecule has 0 bridgehead atoms. The number of hydrogen-bond donors (Lipinski definition) is 1. The van der Waals surface area contributed by atoms with Gasteiger partial charge < -0.3 is 0 Å². The first-order valence-electron chi connectivity index (χ1n) is 5.20. The van der Waals surface area contributed by atoms with E-state index in [0.29, 0.717) is 5.69 Å². The molecule has 3 nitrogen and oxygen atoms in total. The molecule has 0 aliphatic rings. The Balaban J connectivity index is 2.79. The highest BCUT2D eigenvalue weighted by Gasteiger charge is 2.36. The predicted octanol–water partition coefficient (Wildman–Crippen LogP) is 3.14. The van der Waals surface area contributed by atoms with E-state index < -0.39 is 12.0 Å². The molecule has 1 N–H and O–H groups in total. The summed E-state index contributed by atoms with van der Waals surface area (Å²) in [4.78, 5) is 10.5. The summed E-state index contributed by atoms with van der Waals surface area (Å²) in [7, 11) is 0. The van der Waals surface area contributed by atoms with Gasteiger partial charge in [0.25, 0.3) is 5.78 Å². The zero-order chi connectivity index (χ0) is 13.9. The molecule has 0 fully saturated rings. The van der Waals surface area contributed by atoms with Crippen LogP contribution in [-0.2, 0) is 4.79 Å². The molecule has 18 heavy (non-hydrogen) atoms. The molecule has 98 valence electrons. The Hall–Kier alpha value is -1.85. The number of benzene rings is 1. The molecule has 0 aliphatic carbocycles. The molecule has 0 radical (unpaired) electrons.